The van der Waals surface area contributed by atoms with E-state index in [1.807, 2.05) is 103 Å². The van der Waals surface area contributed by atoms with Crippen molar-refractivity contribution in [3.63, 3.8) is 0 Å². The highest BCUT2D eigenvalue weighted by atomic mass is 16.2. The van der Waals surface area contributed by atoms with E-state index >= 15 is 0 Å². The Morgan fingerprint density at radius 1 is 0.778 bits per heavy atom. The summed E-state index contributed by atoms with van der Waals surface area (Å²) in [4.78, 5) is 53.9. The van der Waals surface area contributed by atoms with Crippen molar-refractivity contribution in [3.8, 4) is 22.5 Å². The van der Waals surface area contributed by atoms with Crippen LogP contribution in [0.15, 0.2) is 116 Å². The number of piperidine rings is 1. The van der Waals surface area contributed by atoms with Crippen molar-refractivity contribution in [1.82, 2.24) is 40.0 Å². The van der Waals surface area contributed by atoms with Crippen LogP contribution in [-0.4, -0.2) is 78.8 Å². The minimum Gasteiger partial charge on any atom is -0.339 e. The maximum Gasteiger partial charge on any atom is 0.255 e. The summed E-state index contributed by atoms with van der Waals surface area (Å²) in [5, 5.41) is 7.74. The predicted octanol–water partition coefficient (Wildman–Crippen LogP) is 9.77. The number of nitrogens with zero attached hydrogens (tertiary/aromatic N) is 6. The van der Waals surface area contributed by atoms with Crippen LogP contribution in [-0.2, 0) is 0 Å². The zero-order valence-corrected chi connectivity index (χ0v) is 36.7. The largest absolute Gasteiger partial charge is 0.339 e. The lowest BCUT2D eigenvalue weighted by Crippen LogP contribution is -2.60. The molecule has 2 aliphatic rings. The average molecular weight is 838 g/mol. The van der Waals surface area contributed by atoms with E-state index < -0.39 is 0 Å². The van der Waals surface area contributed by atoms with Crippen LogP contribution in [0, 0.1) is 20.8 Å². The van der Waals surface area contributed by atoms with E-state index in [2.05, 4.69) is 71.4 Å². The Hall–Kier alpha value is -6.56. The van der Waals surface area contributed by atoms with Gasteiger partial charge in [-0.15, -0.1) is 0 Å². The Labute approximate surface area is 369 Å². The van der Waals surface area contributed by atoms with Gasteiger partial charge in [-0.25, -0.2) is 9.97 Å². The zero-order chi connectivity index (χ0) is 43.6. The molecule has 0 bridgehead atoms. The standard InChI is InChI=1S/C52H55N9O2/c1-32(2)38-13-6-14-39(27-38)51(62)59-43-16-7-15-41(35(43)5)49-42-28-44(58-50(42)57-31-56-49)36-19-21-37(22-20-36)52(63)60-29-40(30-60)53-25-26-61-45(47-33(3)11-9-23-54-47)17-8-18-46(61)48-34(4)12-10-24-55-48/h6-7,9-16,19-24,27-28,31-32,40,45-46,53H,8,17-18,25-26,29-30H2,1-5H3,(H,59,62)(H,56,57,58)/t45-,46+. The van der Waals surface area contributed by atoms with Gasteiger partial charge in [0.2, 0.25) is 0 Å². The van der Waals surface area contributed by atoms with Crippen molar-refractivity contribution < 1.29 is 9.59 Å². The minimum atomic E-state index is -0.151. The highest BCUT2D eigenvalue weighted by Gasteiger charge is 2.36. The molecule has 2 atom stereocenters. The molecule has 3 N–H and O–H groups in total. The first-order chi connectivity index (χ1) is 30.6. The maximum atomic E-state index is 13.6. The number of amides is 2. The van der Waals surface area contributed by atoms with Crippen LogP contribution in [0.5, 0.6) is 0 Å². The predicted molar refractivity (Wildman–Crippen MR) is 250 cm³/mol. The number of hydrogen-bond donors (Lipinski definition) is 3. The average Bonchev–Trinajstić information content (AvgIpc) is 3.73. The molecule has 4 aromatic heterocycles. The van der Waals surface area contributed by atoms with Crippen LogP contribution in [0.4, 0.5) is 5.69 Å². The van der Waals surface area contributed by atoms with Gasteiger partial charge in [-0.05, 0) is 122 Å². The van der Waals surface area contributed by atoms with E-state index in [-0.39, 0.29) is 29.9 Å². The summed E-state index contributed by atoms with van der Waals surface area (Å²) in [5.41, 5.74) is 13.0. The van der Waals surface area contributed by atoms with E-state index in [4.69, 9.17) is 15.0 Å². The third-order valence-corrected chi connectivity index (χ3v) is 13.0. The molecule has 2 saturated heterocycles. The van der Waals surface area contributed by atoms with Gasteiger partial charge in [0.05, 0.1) is 29.2 Å². The number of fused-ring (bicyclic) bond motifs is 1. The summed E-state index contributed by atoms with van der Waals surface area (Å²) in [6, 6.07) is 32.5. The monoisotopic (exact) mass is 837 g/mol. The van der Waals surface area contributed by atoms with Gasteiger partial charge in [-0.2, -0.15) is 0 Å². The molecule has 9 rings (SSSR count). The van der Waals surface area contributed by atoms with Crippen LogP contribution >= 0.6 is 0 Å². The Bertz CT molecular complexity index is 2720. The summed E-state index contributed by atoms with van der Waals surface area (Å²) in [7, 11) is 0. The SMILES string of the molecule is Cc1cccnc1[C@H]1CCC[C@@H](c2ncccc2C)N1CCNC1CN(C(=O)c2ccc(-c3cc4c(-c5cccc(NC(=O)c6cccc(C(C)C)c6)c5C)ncnc4[nH]3)cc2)C1. The quantitative estimate of drug-likeness (QED) is 0.111. The highest BCUT2D eigenvalue weighted by molar-refractivity contribution is 6.05. The van der Waals surface area contributed by atoms with E-state index in [0.717, 1.165) is 88.5 Å². The minimum absolute atomic E-state index is 0.0342. The Balaban J connectivity index is 0.835. The summed E-state index contributed by atoms with van der Waals surface area (Å²) in [6.45, 7) is 13.6. The fourth-order valence-electron chi connectivity index (χ4n) is 9.36. The third-order valence-electron chi connectivity index (χ3n) is 13.0. The van der Waals surface area contributed by atoms with Gasteiger partial charge in [0.15, 0.2) is 0 Å². The number of aromatic amines is 1. The highest BCUT2D eigenvalue weighted by Crippen LogP contribution is 2.42. The van der Waals surface area contributed by atoms with E-state index in [1.54, 1.807) is 6.33 Å². The van der Waals surface area contributed by atoms with E-state index in [1.165, 1.54) is 11.1 Å². The number of carbonyl (C=O) groups excluding carboxylic acids is 2. The number of H-pyrrole nitrogens is 1. The summed E-state index contributed by atoms with van der Waals surface area (Å²) < 4.78 is 0. The molecule has 2 amide bonds. The van der Waals surface area contributed by atoms with Crippen LogP contribution < -0.4 is 10.6 Å². The lowest BCUT2D eigenvalue weighted by atomic mass is 9.89. The number of carbonyl (C=O) groups is 2. The molecule has 0 saturated carbocycles. The van der Waals surface area contributed by atoms with Crippen molar-refractivity contribution in [2.24, 2.45) is 0 Å². The molecular formula is C52H55N9O2. The van der Waals surface area contributed by atoms with Crippen molar-refractivity contribution in [2.45, 2.75) is 77.9 Å². The van der Waals surface area contributed by atoms with Crippen LogP contribution in [0.3, 0.4) is 0 Å². The maximum absolute atomic E-state index is 13.6. The third kappa shape index (κ3) is 8.63. The molecule has 0 radical (unpaired) electrons. The number of aromatic nitrogens is 5. The van der Waals surface area contributed by atoms with Gasteiger partial charge in [-0.1, -0.05) is 62.4 Å². The first-order valence-corrected chi connectivity index (χ1v) is 22.2. The molecule has 320 valence electrons. The molecule has 3 aromatic carbocycles. The summed E-state index contributed by atoms with van der Waals surface area (Å²) >= 11 is 0. The molecule has 11 heteroatoms. The second-order valence-corrected chi connectivity index (χ2v) is 17.4. The van der Waals surface area contributed by atoms with Crippen molar-refractivity contribution in [3.05, 3.63) is 161 Å². The lowest BCUT2D eigenvalue weighted by Gasteiger charge is -2.44. The van der Waals surface area contributed by atoms with Crippen molar-refractivity contribution >= 4 is 28.5 Å². The molecule has 0 unspecified atom stereocenters. The van der Waals surface area contributed by atoms with Gasteiger partial charge in [-0.3, -0.25) is 24.5 Å². The van der Waals surface area contributed by atoms with Crippen molar-refractivity contribution in [2.75, 3.05) is 31.5 Å². The number of nitrogens with one attached hydrogen (secondary N) is 3. The molecular weight excluding hydrogens is 783 g/mol. The number of aryl methyl sites for hydroxylation is 2. The number of benzene rings is 3. The van der Waals surface area contributed by atoms with Gasteiger partial charge in [0.1, 0.15) is 12.0 Å². The molecule has 11 nitrogen and oxygen atoms in total. The van der Waals surface area contributed by atoms with Crippen molar-refractivity contribution in [1.29, 1.82) is 0 Å². The second-order valence-electron chi connectivity index (χ2n) is 17.4. The fraction of sp³-hybridized carbons (Fsp3) is 0.308. The van der Waals surface area contributed by atoms with Gasteiger partial charge < -0.3 is 20.5 Å². The normalized spacial score (nSPS) is 17.0. The zero-order valence-electron chi connectivity index (χ0n) is 36.7. The summed E-state index contributed by atoms with van der Waals surface area (Å²) in [6.07, 6.45) is 8.67. The van der Waals surface area contributed by atoms with E-state index in [0.29, 0.717) is 35.8 Å². The molecule has 0 aliphatic carbocycles. The molecule has 6 heterocycles. The fourth-order valence-corrected chi connectivity index (χ4v) is 9.36. The Morgan fingerprint density at radius 2 is 1.48 bits per heavy atom. The van der Waals surface area contributed by atoms with Crippen LogP contribution in [0.1, 0.15) is 105 Å². The smallest absolute Gasteiger partial charge is 0.255 e. The molecule has 63 heavy (non-hydrogen) atoms. The van der Waals surface area contributed by atoms with Gasteiger partial charge in [0.25, 0.3) is 11.8 Å². The van der Waals surface area contributed by atoms with Crippen LogP contribution in [0.25, 0.3) is 33.5 Å². The molecule has 0 spiro atoms. The van der Waals surface area contributed by atoms with Crippen LogP contribution in [0.2, 0.25) is 0 Å². The second kappa shape index (κ2) is 18.0. The Kier molecular flexibility index (Phi) is 12.0. The number of likely N-dealkylation sites (tertiary alicyclic amines) is 2. The number of hydrogen-bond acceptors (Lipinski definition) is 8. The number of pyridine rings is 2. The van der Waals surface area contributed by atoms with Gasteiger partial charge >= 0.3 is 0 Å². The first kappa shape index (κ1) is 41.8. The van der Waals surface area contributed by atoms with Gasteiger partial charge in [0, 0.05) is 78.1 Å². The van der Waals surface area contributed by atoms with E-state index in [9.17, 15) is 9.59 Å². The molecule has 7 aromatic rings. The number of anilines is 1. The topological polar surface area (TPSA) is 132 Å². The number of rotatable bonds is 12. The summed E-state index contributed by atoms with van der Waals surface area (Å²) in [5.74, 6) is 0.209. The first-order valence-electron chi connectivity index (χ1n) is 22.2. The molecule has 2 fully saturated rings. The Morgan fingerprint density at radius 3 is 2.16 bits per heavy atom. The molecule has 2 aliphatic heterocycles. The lowest BCUT2D eigenvalue weighted by molar-refractivity contribution is 0.0527.